The van der Waals surface area contributed by atoms with Crippen LogP contribution in [0.2, 0.25) is 0 Å². The molecule has 0 atom stereocenters. The van der Waals surface area contributed by atoms with E-state index in [9.17, 15) is 4.79 Å². The summed E-state index contributed by atoms with van der Waals surface area (Å²) in [6, 6.07) is 5.23. The number of carbonyl (C=O) groups is 1. The van der Waals surface area contributed by atoms with E-state index in [4.69, 9.17) is 9.47 Å². The Labute approximate surface area is 137 Å². The van der Waals surface area contributed by atoms with Crippen molar-refractivity contribution in [1.29, 1.82) is 0 Å². The summed E-state index contributed by atoms with van der Waals surface area (Å²) >= 11 is 3.44. The van der Waals surface area contributed by atoms with Crippen molar-refractivity contribution in [3.63, 3.8) is 0 Å². The molecule has 0 fully saturated rings. The predicted octanol–water partition coefficient (Wildman–Crippen LogP) is 2.61. The van der Waals surface area contributed by atoms with Gasteiger partial charge < -0.3 is 14.8 Å². The van der Waals surface area contributed by atoms with Gasteiger partial charge in [0.1, 0.15) is 17.1 Å². The lowest BCUT2D eigenvalue weighted by Crippen LogP contribution is -2.25. The Morgan fingerprint density at radius 1 is 1.32 bits per heavy atom. The maximum absolute atomic E-state index is 12.5. The van der Waals surface area contributed by atoms with Crippen LogP contribution in [0.1, 0.15) is 23.0 Å². The van der Waals surface area contributed by atoms with Gasteiger partial charge in [-0.1, -0.05) is 6.07 Å². The molecule has 0 bridgehead atoms. The topological polar surface area (TPSA) is 65.4 Å². The molecule has 2 rings (SSSR count). The van der Waals surface area contributed by atoms with Crippen LogP contribution in [0.15, 0.2) is 28.9 Å². The molecule has 0 unspecified atom stereocenters. The normalized spacial score (nSPS) is 10.4. The summed E-state index contributed by atoms with van der Waals surface area (Å²) in [5.41, 5.74) is 1.29. The largest absolute Gasteiger partial charge is 0.496 e. The lowest BCUT2D eigenvalue weighted by molar-refractivity contribution is 0.0943. The number of amides is 1. The Hall–Kier alpha value is -2.02. The molecule has 22 heavy (non-hydrogen) atoms. The highest BCUT2D eigenvalue weighted by Gasteiger charge is 2.19. The fourth-order valence-corrected chi connectivity index (χ4v) is 2.60. The first-order valence-electron chi connectivity index (χ1n) is 6.81. The minimum absolute atomic E-state index is 0.259. The van der Waals surface area contributed by atoms with Crippen LogP contribution in [-0.2, 0) is 13.1 Å². The zero-order chi connectivity index (χ0) is 16.1. The molecule has 0 aliphatic rings. The highest BCUT2D eigenvalue weighted by Crippen LogP contribution is 2.28. The quantitative estimate of drug-likeness (QED) is 0.851. The Morgan fingerprint density at radius 3 is 2.50 bits per heavy atom. The highest BCUT2D eigenvalue weighted by atomic mass is 79.9. The van der Waals surface area contributed by atoms with Crippen molar-refractivity contribution < 1.29 is 14.3 Å². The molecule has 1 aromatic carbocycles. The third kappa shape index (κ3) is 3.24. The number of ether oxygens (including phenoxy) is 2. The molecule has 2 aromatic rings. The van der Waals surface area contributed by atoms with Gasteiger partial charge in [-0.25, -0.2) is 0 Å². The summed E-state index contributed by atoms with van der Waals surface area (Å²) < 4.78 is 13.2. The molecular formula is C15H18BrN3O3. The molecule has 1 amide bonds. The highest BCUT2D eigenvalue weighted by molar-refractivity contribution is 9.10. The molecule has 0 aliphatic heterocycles. The van der Waals surface area contributed by atoms with Crippen LogP contribution in [0, 0.1) is 0 Å². The second-order valence-electron chi connectivity index (χ2n) is 4.48. The van der Waals surface area contributed by atoms with Crippen molar-refractivity contribution in [2.75, 3.05) is 14.2 Å². The van der Waals surface area contributed by atoms with Gasteiger partial charge in [-0.05, 0) is 35.0 Å². The molecule has 0 saturated carbocycles. The van der Waals surface area contributed by atoms with E-state index in [-0.39, 0.29) is 5.91 Å². The molecule has 0 aliphatic carbocycles. The maximum atomic E-state index is 12.5. The molecule has 0 saturated heterocycles. The summed E-state index contributed by atoms with van der Waals surface area (Å²) in [5.74, 6) is 0.685. The lowest BCUT2D eigenvalue weighted by atomic mass is 10.1. The third-order valence-electron chi connectivity index (χ3n) is 3.27. The van der Waals surface area contributed by atoms with Gasteiger partial charge in [0.05, 0.1) is 37.1 Å². The average Bonchev–Trinajstić information content (AvgIpc) is 2.91. The first kappa shape index (κ1) is 16.4. The SMILES string of the molecule is CCn1ncc(Br)c1CNC(=O)c1c(OC)cccc1OC. The Morgan fingerprint density at radius 2 is 1.95 bits per heavy atom. The number of hydrogen-bond acceptors (Lipinski definition) is 4. The molecular weight excluding hydrogens is 350 g/mol. The van der Waals surface area contributed by atoms with E-state index in [0.717, 1.165) is 16.7 Å². The smallest absolute Gasteiger partial charge is 0.259 e. The first-order chi connectivity index (χ1) is 10.6. The van der Waals surface area contributed by atoms with Gasteiger partial charge >= 0.3 is 0 Å². The zero-order valence-electron chi connectivity index (χ0n) is 12.7. The van der Waals surface area contributed by atoms with E-state index in [1.165, 1.54) is 14.2 Å². The number of benzene rings is 1. The number of methoxy groups -OCH3 is 2. The van der Waals surface area contributed by atoms with Crippen LogP contribution < -0.4 is 14.8 Å². The van der Waals surface area contributed by atoms with Crippen molar-refractivity contribution in [2.45, 2.75) is 20.0 Å². The number of rotatable bonds is 6. The van der Waals surface area contributed by atoms with Crippen molar-refractivity contribution in [3.8, 4) is 11.5 Å². The van der Waals surface area contributed by atoms with E-state index < -0.39 is 0 Å². The number of halogens is 1. The van der Waals surface area contributed by atoms with Crippen LogP contribution in [0.25, 0.3) is 0 Å². The third-order valence-corrected chi connectivity index (χ3v) is 3.93. The molecule has 1 N–H and O–H groups in total. The summed E-state index contributed by atoms with van der Waals surface area (Å²) in [5, 5.41) is 7.10. The number of aryl methyl sites for hydroxylation is 1. The van der Waals surface area contributed by atoms with E-state index in [1.54, 1.807) is 24.4 Å². The Bertz CT molecular complexity index is 648. The van der Waals surface area contributed by atoms with Crippen LogP contribution >= 0.6 is 15.9 Å². The monoisotopic (exact) mass is 367 g/mol. The van der Waals surface area contributed by atoms with Gasteiger partial charge in [0.15, 0.2) is 0 Å². The van der Waals surface area contributed by atoms with E-state index in [1.807, 2.05) is 11.6 Å². The number of aromatic nitrogens is 2. The number of nitrogens with one attached hydrogen (secondary N) is 1. The molecule has 7 heteroatoms. The van der Waals surface area contributed by atoms with Gasteiger partial charge in [-0.3, -0.25) is 9.48 Å². The maximum Gasteiger partial charge on any atom is 0.259 e. The first-order valence-corrected chi connectivity index (χ1v) is 7.61. The van der Waals surface area contributed by atoms with E-state index in [0.29, 0.717) is 23.6 Å². The fourth-order valence-electron chi connectivity index (χ4n) is 2.16. The van der Waals surface area contributed by atoms with Crippen molar-refractivity contribution in [3.05, 3.63) is 40.1 Å². The van der Waals surface area contributed by atoms with E-state index in [2.05, 4.69) is 26.3 Å². The molecule has 1 heterocycles. The average molecular weight is 368 g/mol. The van der Waals surface area contributed by atoms with Crippen LogP contribution in [0.5, 0.6) is 11.5 Å². The minimum Gasteiger partial charge on any atom is -0.496 e. The number of carbonyl (C=O) groups excluding carboxylic acids is 1. The molecule has 6 nitrogen and oxygen atoms in total. The summed E-state index contributed by atoms with van der Waals surface area (Å²) in [7, 11) is 3.04. The van der Waals surface area contributed by atoms with E-state index >= 15 is 0 Å². The van der Waals surface area contributed by atoms with Gasteiger partial charge in [0.2, 0.25) is 0 Å². The van der Waals surface area contributed by atoms with Crippen molar-refractivity contribution >= 4 is 21.8 Å². The summed E-state index contributed by atoms with van der Waals surface area (Å²) in [4.78, 5) is 12.5. The van der Waals surface area contributed by atoms with Crippen LogP contribution in [0.4, 0.5) is 0 Å². The zero-order valence-corrected chi connectivity index (χ0v) is 14.3. The second kappa shape index (κ2) is 7.31. The predicted molar refractivity (Wildman–Crippen MR) is 86.3 cm³/mol. The van der Waals surface area contributed by atoms with Crippen molar-refractivity contribution in [1.82, 2.24) is 15.1 Å². The molecule has 118 valence electrons. The van der Waals surface area contributed by atoms with Gasteiger partial charge in [0.25, 0.3) is 5.91 Å². The van der Waals surface area contributed by atoms with Crippen LogP contribution in [0.3, 0.4) is 0 Å². The second-order valence-corrected chi connectivity index (χ2v) is 5.33. The number of hydrogen-bond donors (Lipinski definition) is 1. The van der Waals surface area contributed by atoms with Crippen molar-refractivity contribution in [2.24, 2.45) is 0 Å². The molecule has 0 spiro atoms. The standard InChI is InChI=1S/C15H18BrN3O3/c1-4-19-11(10(16)8-18-19)9-17-15(20)14-12(21-2)6-5-7-13(14)22-3/h5-8H,4,9H2,1-3H3,(H,17,20). The van der Waals surface area contributed by atoms with Crippen LogP contribution in [-0.4, -0.2) is 29.9 Å². The summed E-state index contributed by atoms with van der Waals surface area (Å²) in [6.07, 6.45) is 1.72. The fraction of sp³-hybridized carbons (Fsp3) is 0.333. The lowest BCUT2D eigenvalue weighted by Gasteiger charge is -2.13. The number of nitrogens with zero attached hydrogens (tertiary/aromatic N) is 2. The Balaban J connectivity index is 2.21. The Kier molecular flexibility index (Phi) is 5.43. The van der Waals surface area contributed by atoms with Gasteiger partial charge in [-0.15, -0.1) is 0 Å². The summed E-state index contributed by atoms with van der Waals surface area (Å²) in [6.45, 7) is 3.08. The minimum atomic E-state index is -0.259. The molecule has 1 aromatic heterocycles. The van der Waals surface area contributed by atoms with Gasteiger partial charge in [-0.2, -0.15) is 5.10 Å². The van der Waals surface area contributed by atoms with Gasteiger partial charge in [0, 0.05) is 6.54 Å². The molecule has 0 radical (unpaired) electrons.